The molecule has 24 heavy (non-hydrogen) atoms. The van der Waals surface area contributed by atoms with E-state index in [4.69, 9.17) is 4.74 Å². The summed E-state index contributed by atoms with van der Waals surface area (Å²) in [6, 6.07) is -1.06. The summed E-state index contributed by atoms with van der Waals surface area (Å²) < 4.78 is 97.3. The summed E-state index contributed by atoms with van der Waals surface area (Å²) in [6.45, 7) is -0.0477. The van der Waals surface area contributed by atoms with Crippen molar-refractivity contribution in [1.29, 1.82) is 0 Å². The molecule has 0 spiro atoms. The van der Waals surface area contributed by atoms with Crippen molar-refractivity contribution in [3.63, 3.8) is 0 Å². The molecule has 1 aliphatic heterocycles. The van der Waals surface area contributed by atoms with Gasteiger partial charge in [-0.05, 0) is 17.7 Å². The van der Waals surface area contributed by atoms with Crippen LogP contribution in [0.4, 0.5) is 22.0 Å². The number of morpholine rings is 1. The minimum Gasteiger partial charge on any atom is -0.379 e. The van der Waals surface area contributed by atoms with E-state index in [0.717, 1.165) is 11.4 Å². The molecule has 1 aliphatic rings. The molecule has 0 unspecified atom stereocenters. The molecule has 0 bridgehead atoms. The third-order valence-electron chi connectivity index (χ3n) is 3.59. The molecular formula is C13H15F5N2O3S. The van der Waals surface area contributed by atoms with Crippen LogP contribution in [-0.2, 0) is 14.9 Å². The molecule has 1 aromatic carbocycles. The Morgan fingerprint density at radius 1 is 1.17 bits per heavy atom. The predicted octanol–water partition coefficient (Wildman–Crippen LogP) is 2.08. The second-order valence-electron chi connectivity index (χ2n) is 5.15. The average molecular weight is 374 g/mol. The number of ether oxygens (including phenoxy) is 1. The summed E-state index contributed by atoms with van der Waals surface area (Å²) in [7, 11) is -3.71. The van der Waals surface area contributed by atoms with Gasteiger partial charge in [0, 0.05) is 20.1 Å². The number of alkyl halides is 3. The molecule has 1 fully saturated rings. The highest BCUT2D eigenvalue weighted by atomic mass is 32.2. The van der Waals surface area contributed by atoms with Gasteiger partial charge in [0.05, 0.1) is 13.2 Å². The van der Waals surface area contributed by atoms with Crippen molar-refractivity contribution >= 4 is 10.2 Å². The zero-order chi connectivity index (χ0) is 18.1. The van der Waals surface area contributed by atoms with Gasteiger partial charge in [0.25, 0.3) is 10.2 Å². The van der Waals surface area contributed by atoms with Crippen LogP contribution in [0.15, 0.2) is 18.2 Å². The predicted molar refractivity (Wildman–Crippen MR) is 74.2 cm³/mol. The van der Waals surface area contributed by atoms with Crippen LogP contribution in [0.3, 0.4) is 0 Å². The lowest BCUT2D eigenvalue weighted by Gasteiger charge is -2.35. The number of hydrogen-bond acceptors (Lipinski definition) is 3. The van der Waals surface area contributed by atoms with E-state index < -0.39 is 39.6 Å². The number of nitrogens with zero attached hydrogens (tertiary/aromatic N) is 2. The Morgan fingerprint density at radius 3 is 2.25 bits per heavy atom. The van der Waals surface area contributed by atoms with Gasteiger partial charge in [0.2, 0.25) is 0 Å². The monoisotopic (exact) mass is 374 g/mol. The van der Waals surface area contributed by atoms with Crippen molar-refractivity contribution < 1.29 is 35.1 Å². The minimum atomic E-state index is -5.02. The second kappa shape index (κ2) is 6.90. The first-order valence-corrected chi connectivity index (χ1v) is 8.27. The molecule has 0 aromatic heterocycles. The Morgan fingerprint density at radius 2 is 1.75 bits per heavy atom. The normalized spacial score (nSPS) is 18.8. The van der Waals surface area contributed by atoms with Gasteiger partial charge in [-0.15, -0.1) is 0 Å². The zero-order valence-corrected chi connectivity index (χ0v) is 13.4. The van der Waals surface area contributed by atoms with Crippen molar-refractivity contribution in [2.45, 2.75) is 12.2 Å². The summed E-state index contributed by atoms with van der Waals surface area (Å²) in [4.78, 5) is 0. The molecular weight excluding hydrogens is 359 g/mol. The third-order valence-corrected chi connectivity index (χ3v) is 5.55. The molecule has 5 nitrogen and oxygen atoms in total. The molecule has 1 aromatic rings. The third kappa shape index (κ3) is 3.85. The van der Waals surface area contributed by atoms with Gasteiger partial charge >= 0.3 is 6.18 Å². The van der Waals surface area contributed by atoms with Gasteiger partial charge in [-0.25, -0.2) is 8.78 Å². The van der Waals surface area contributed by atoms with Gasteiger partial charge in [0.15, 0.2) is 11.6 Å². The van der Waals surface area contributed by atoms with Crippen molar-refractivity contribution in [2.24, 2.45) is 0 Å². The van der Waals surface area contributed by atoms with Crippen molar-refractivity contribution in [1.82, 2.24) is 8.61 Å². The van der Waals surface area contributed by atoms with Crippen LogP contribution in [0.25, 0.3) is 0 Å². The summed E-state index contributed by atoms with van der Waals surface area (Å²) in [5.41, 5.74) is -0.708. The highest BCUT2D eigenvalue weighted by molar-refractivity contribution is 7.86. The Hall–Kier alpha value is -1.30. The quantitative estimate of drug-likeness (QED) is 0.759. The number of hydrogen-bond donors (Lipinski definition) is 0. The molecule has 0 N–H and O–H groups in total. The highest BCUT2D eigenvalue weighted by Gasteiger charge is 2.49. The van der Waals surface area contributed by atoms with Gasteiger partial charge in [-0.2, -0.15) is 30.2 Å². The number of benzene rings is 1. The number of rotatable bonds is 4. The summed E-state index contributed by atoms with van der Waals surface area (Å²) in [5.74, 6) is -2.81. The Balaban J connectivity index is 2.42. The fourth-order valence-corrected chi connectivity index (χ4v) is 3.86. The van der Waals surface area contributed by atoms with E-state index in [1.165, 1.54) is 0 Å². The maximum atomic E-state index is 13.4. The summed E-state index contributed by atoms with van der Waals surface area (Å²) in [6.07, 6.45) is -5.02. The van der Waals surface area contributed by atoms with Gasteiger partial charge in [-0.1, -0.05) is 6.07 Å². The lowest BCUT2D eigenvalue weighted by Crippen LogP contribution is -2.50. The molecule has 2 rings (SSSR count). The first-order chi connectivity index (χ1) is 11.0. The average Bonchev–Trinajstić information content (AvgIpc) is 2.50. The fraction of sp³-hybridized carbons (Fsp3) is 0.538. The summed E-state index contributed by atoms with van der Waals surface area (Å²) in [5, 5.41) is 0. The summed E-state index contributed by atoms with van der Waals surface area (Å²) >= 11 is 0. The van der Waals surface area contributed by atoms with Crippen LogP contribution in [0.1, 0.15) is 11.6 Å². The molecule has 1 heterocycles. The smallest absolute Gasteiger partial charge is 0.379 e. The molecule has 11 heteroatoms. The van der Waals surface area contributed by atoms with Crippen LogP contribution in [0.5, 0.6) is 0 Å². The first kappa shape index (κ1) is 19.0. The van der Waals surface area contributed by atoms with Crippen molar-refractivity contribution in [3.8, 4) is 0 Å². The maximum absolute atomic E-state index is 13.4. The van der Waals surface area contributed by atoms with Crippen LogP contribution in [0.2, 0.25) is 0 Å². The standard InChI is InChI=1S/C13H15F5N2O3S/c1-19(24(21,22)20-4-6-23-7-5-20)12(13(16,17)18)9-2-3-10(14)11(15)8-9/h2-3,8,12H,4-7H2,1H3/t12-/m1/s1. The lowest BCUT2D eigenvalue weighted by molar-refractivity contribution is -0.171. The number of halogens is 5. The Kier molecular flexibility index (Phi) is 5.47. The van der Waals surface area contributed by atoms with Crippen LogP contribution >= 0.6 is 0 Å². The van der Waals surface area contributed by atoms with E-state index in [2.05, 4.69) is 0 Å². The van der Waals surface area contributed by atoms with E-state index in [1.807, 2.05) is 0 Å². The lowest BCUT2D eigenvalue weighted by atomic mass is 10.1. The van der Waals surface area contributed by atoms with E-state index in [-0.39, 0.29) is 30.6 Å². The maximum Gasteiger partial charge on any atom is 0.409 e. The largest absolute Gasteiger partial charge is 0.409 e. The van der Waals surface area contributed by atoms with E-state index in [9.17, 15) is 30.4 Å². The molecule has 0 saturated carbocycles. The Bertz CT molecular complexity index is 689. The van der Waals surface area contributed by atoms with Crippen LogP contribution < -0.4 is 0 Å². The van der Waals surface area contributed by atoms with Crippen LogP contribution in [-0.4, -0.2) is 56.6 Å². The zero-order valence-electron chi connectivity index (χ0n) is 12.6. The van der Waals surface area contributed by atoms with Crippen LogP contribution in [0, 0.1) is 11.6 Å². The van der Waals surface area contributed by atoms with Gasteiger partial charge in [0.1, 0.15) is 6.04 Å². The topological polar surface area (TPSA) is 49.9 Å². The van der Waals surface area contributed by atoms with Crippen molar-refractivity contribution in [3.05, 3.63) is 35.4 Å². The molecule has 136 valence electrons. The van der Waals surface area contributed by atoms with E-state index in [0.29, 0.717) is 18.2 Å². The van der Waals surface area contributed by atoms with Gasteiger partial charge < -0.3 is 4.74 Å². The van der Waals surface area contributed by atoms with E-state index >= 15 is 0 Å². The second-order valence-corrected chi connectivity index (χ2v) is 7.14. The molecule has 1 atom stereocenters. The molecule has 1 saturated heterocycles. The molecule has 0 radical (unpaired) electrons. The highest BCUT2D eigenvalue weighted by Crippen LogP contribution is 2.39. The Labute approximate surface area is 135 Å². The van der Waals surface area contributed by atoms with Gasteiger partial charge in [-0.3, -0.25) is 0 Å². The minimum absolute atomic E-state index is 0.0644. The SMILES string of the molecule is CN([C@H](c1ccc(F)c(F)c1)C(F)(F)F)S(=O)(=O)N1CCOCC1. The molecule has 0 aliphatic carbocycles. The fourth-order valence-electron chi connectivity index (χ4n) is 2.38. The first-order valence-electron chi connectivity index (χ1n) is 6.87. The van der Waals surface area contributed by atoms with Crippen molar-refractivity contribution in [2.75, 3.05) is 33.4 Å². The van der Waals surface area contributed by atoms with E-state index in [1.54, 1.807) is 0 Å². The molecule has 0 amide bonds.